The van der Waals surface area contributed by atoms with Gasteiger partial charge >= 0.3 is 5.97 Å². The van der Waals surface area contributed by atoms with Crippen LogP contribution in [0.15, 0.2) is 76.0 Å². The summed E-state index contributed by atoms with van der Waals surface area (Å²) in [5, 5.41) is 11.5. The van der Waals surface area contributed by atoms with Gasteiger partial charge in [-0.05, 0) is 62.2 Å². The molecule has 5 rings (SSSR count). The maximum atomic E-state index is 12.4. The molecule has 0 fully saturated rings. The van der Waals surface area contributed by atoms with Crippen LogP contribution in [0.4, 0.5) is 0 Å². The normalized spacial score (nSPS) is 12.6. The first-order chi connectivity index (χ1) is 17.5. The number of nitrogens with zero attached hydrogens (tertiary/aromatic N) is 1. The quantitative estimate of drug-likeness (QED) is 0.275. The Bertz CT molecular complexity index is 1790. The number of furan rings is 1. The largest absolute Gasteiger partial charge is 0.485 e. The highest BCUT2D eigenvalue weighted by Crippen LogP contribution is 2.38. The number of para-hydroxylation sites is 1. The van der Waals surface area contributed by atoms with Crippen molar-refractivity contribution in [2.24, 2.45) is 0 Å². The average molecular weight is 516 g/mol. The highest BCUT2D eigenvalue weighted by Gasteiger charge is 2.22. The standard InChI is InChI=1S/C29H25NO6S/c1-16-9-14-25(35-18(3)19-10-12-20(13-11-19)37(4,33)34)26-22(29(31)32)15-23(30-27(16)26)28-17(2)21-7-5-6-8-24(21)36-28/h5-15,18H,1-4H3,(H,31,32)/t18-/m1/s1. The second-order valence-electron chi connectivity index (χ2n) is 9.12. The number of aryl methyl sites for hydroxylation is 2. The number of sulfone groups is 1. The van der Waals surface area contributed by atoms with Crippen LogP contribution in [0.25, 0.3) is 33.3 Å². The number of carbonyl (C=O) groups is 1. The Kier molecular flexibility index (Phi) is 6.00. The van der Waals surface area contributed by atoms with E-state index in [4.69, 9.17) is 14.1 Å². The molecule has 7 nitrogen and oxygen atoms in total. The topological polar surface area (TPSA) is 107 Å². The molecule has 0 spiro atoms. The van der Waals surface area contributed by atoms with E-state index >= 15 is 0 Å². The molecule has 0 radical (unpaired) electrons. The number of benzene rings is 3. The summed E-state index contributed by atoms with van der Waals surface area (Å²) >= 11 is 0. The fraction of sp³-hybridized carbons (Fsp3) is 0.172. The Hall–Kier alpha value is -4.17. The van der Waals surface area contributed by atoms with Crippen LogP contribution in [0.1, 0.15) is 40.1 Å². The molecule has 0 saturated heterocycles. The summed E-state index contributed by atoms with van der Waals surface area (Å²) in [6.07, 6.45) is 0.681. The molecule has 0 aliphatic carbocycles. The molecule has 3 aromatic carbocycles. The van der Waals surface area contributed by atoms with Gasteiger partial charge in [0.2, 0.25) is 0 Å². The molecule has 37 heavy (non-hydrogen) atoms. The summed E-state index contributed by atoms with van der Waals surface area (Å²) in [5.74, 6) is -0.211. The van der Waals surface area contributed by atoms with Crippen molar-refractivity contribution in [2.45, 2.75) is 31.8 Å². The van der Waals surface area contributed by atoms with E-state index in [-0.39, 0.29) is 10.5 Å². The molecule has 0 aliphatic heterocycles. The van der Waals surface area contributed by atoms with E-state index in [1.165, 1.54) is 18.2 Å². The molecule has 0 saturated carbocycles. The number of pyridine rings is 1. The zero-order valence-corrected chi connectivity index (χ0v) is 21.6. The van der Waals surface area contributed by atoms with Crippen molar-refractivity contribution in [3.8, 4) is 17.2 Å². The maximum Gasteiger partial charge on any atom is 0.336 e. The minimum atomic E-state index is -3.31. The van der Waals surface area contributed by atoms with Crippen molar-refractivity contribution in [3.05, 3.63) is 89.0 Å². The number of aromatic nitrogens is 1. The molecule has 0 aliphatic rings. The second kappa shape index (κ2) is 9.05. The number of rotatable bonds is 6. The maximum absolute atomic E-state index is 12.4. The summed E-state index contributed by atoms with van der Waals surface area (Å²) in [6.45, 7) is 5.62. The Balaban J connectivity index is 1.62. The third-order valence-corrected chi connectivity index (χ3v) is 7.64. The van der Waals surface area contributed by atoms with Crippen molar-refractivity contribution in [1.82, 2.24) is 4.98 Å². The lowest BCUT2D eigenvalue weighted by molar-refractivity contribution is 0.0698. The molecular weight excluding hydrogens is 490 g/mol. The molecule has 5 aromatic rings. The summed E-state index contributed by atoms with van der Waals surface area (Å²) in [4.78, 5) is 17.5. The summed E-state index contributed by atoms with van der Waals surface area (Å²) in [6, 6.07) is 19.2. The zero-order valence-electron chi connectivity index (χ0n) is 20.8. The first-order valence-electron chi connectivity index (χ1n) is 11.7. The predicted molar refractivity (Wildman–Crippen MR) is 142 cm³/mol. The van der Waals surface area contributed by atoms with Gasteiger partial charge in [-0.3, -0.25) is 0 Å². The van der Waals surface area contributed by atoms with Gasteiger partial charge in [0.05, 0.1) is 21.4 Å². The third-order valence-electron chi connectivity index (χ3n) is 6.51. The lowest BCUT2D eigenvalue weighted by Gasteiger charge is -2.19. The van der Waals surface area contributed by atoms with Gasteiger partial charge in [0.25, 0.3) is 0 Å². The van der Waals surface area contributed by atoms with Crippen LogP contribution in [0, 0.1) is 13.8 Å². The van der Waals surface area contributed by atoms with Crippen LogP contribution < -0.4 is 4.74 Å². The first-order valence-corrected chi connectivity index (χ1v) is 13.6. The zero-order chi connectivity index (χ0) is 26.5. The van der Waals surface area contributed by atoms with E-state index in [1.54, 1.807) is 18.2 Å². The molecule has 2 aromatic heterocycles. The molecule has 0 unspecified atom stereocenters. The molecule has 188 valence electrons. The van der Waals surface area contributed by atoms with Crippen LogP contribution in [-0.4, -0.2) is 30.7 Å². The number of aromatic carboxylic acids is 1. The second-order valence-corrected chi connectivity index (χ2v) is 11.1. The van der Waals surface area contributed by atoms with Crippen LogP contribution in [0.5, 0.6) is 5.75 Å². The van der Waals surface area contributed by atoms with E-state index in [9.17, 15) is 18.3 Å². The highest BCUT2D eigenvalue weighted by atomic mass is 32.2. The van der Waals surface area contributed by atoms with Crippen molar-refractivity contribution in [1.29, 1.82) is 0 Å². The van der Waals surface area contributed by atoms with E-state index < -0.39 is 21.9 Å². The predicted octanol–water partition coefficient (Wildman–Crippen LogP) is 6.51. The van der Waals surface area contributed by atoms with E-state index in [0.29, 0.717) is 33.7 Å². The lowest BCUT2D eigenvalue weighted by atomic mass is 10.0. The molecule has 8 heteroatoms. The van der Waals surface area contributed by atoms with E-state index in [0.717, 1.165) is 28.3 Å². The molecule has 0 bridgehead atoms. The minimum absolute atomic E-state index is 0.0539. The smallest absolute Gasteiger partial charge is 0.336 e. The number of fused-ring (bicyclic) bond motifs is 2. The lowest BCUT2D eigenvalue weighted by Crippen LogP contribution is -2.07. The summed E-state index contributed by atoms with van der Waals surface area (Å²) in [7, 11) is -3.31. The van der Waals surface area contributed by atoms with E-state index in [1.807, 2.05) is 51.1 Å². The number of hydrogen-bond acceptors (Lipinski definition) is 6. The first kappa shape index (κ1) is 24.5. The number of carboxylic acid groups (broad SMARTS) is 1. The van der Waals surface area contributed by atoms with Crippen LogP contribution >= 0.6 is 0 Å². The van der Waals surface area contributed by atoms with Gasteiger partial charge in [0.15, 0.2) is 15.6 Å². The van der Waals surface area contributed by atoms with Gasteiger partial charge < -0.3 is 14.3 Å². The summed E-state index contributed by atoms with van der Waals surface area (Å²) < 4.78 is 35.9. The van der Waals surface area contributed by atoms with Gasteiger partial charge in [0, 0.05) is 17.2 Å². The highest BCUT2D eigenvalue weighted by molar-refractivity contribution is 7.90. The van der Waals surface area contributed by atoms with Gasteiger partial charge in [-0.15, -0.1) is 0 Å². The van der Waals surface area contributed by atoms with Crippen molar-refractivity contribution in [3.63, 3.8) is 0 Å². The Labute approximate surface area is 214 Å². The van der Waals surface area contributed by atoms with Gasteiger partial charge in [-0.25, -0.2) is 18.2 Å². The Morgan fingerprint density at radius 3 is 2.38 bits per heavy atom. The fourth-order valence-corrected chi connectivity index (χ4v) is 5.12. The molecule has 2 heterocycles. The van der Waals surface area contributed by atoms with Gasteiger partial charge in [0.1, 0.15) is 23.1 Å². The number of carboxylic acids is 1. The summed E-state index contributed by atoms with van der Waals surface area (Å²) in [5.41, 5.74) is 4.13. The van der Waals surface area contributed by atoms with E-state index in [2.05, 4.69) is 0 Å². The van der Waals surface area contributed by atoms with Gasteiger partial charge in [-0.1, -0.05) is 36.4 Å². The molecule has 1 atom stereocenters. The Morgan fingerprint density at radius 1 is 1.03 bits per heavy atom. The average Bonchev–Trinajstić information content (AvgIpc) is 3.21. The molecule has 1 N–H and O–H groups in total. The van der Waals surface area contributed by atoms with Crippen molar-refractivity contribution in [2.75, 3.05) is 6.26 Å². The van der Waals surface area contributed by atoms with Crippen LogP contribution in [0.2, 0.25) is 0 Å². The van der Waals surface area contributed by atoms with Crippen molar-refractivity contribution < 1.29 is 27.5 Å². The minimum Gasteiger partial charge on any atom is -0.485 e. The molecule has 0 amide bonds. The van der Waals surface area contributed by atoms with Crippen molar-refractivity contribution >= 4 is 37.7 Å². The third kappa shape index (κ3) is 4.44. The molecular formula is C29H25NO6S. The fourth-order valence-electron chi connectivity index (χ4n) is 4.49. The van der Waals surface area contributed by atoms with Gasteiger partial charge in [-0.2, -0.15) is 0 Å². The monoisotopic (exact) mass is 515 g/mol. The van der Waals surface area contributed by atoms with Crippen LogP contribution in [0.3, 0.4) is 0 Å². The Morgan fingerprint density at radius 2 is 1.73 bits per heavy atom. The SMILES string of the molecule is Cc1c(-c2cc(C(=O)O)c3c(O[C@H](C)c4ccc(S(C)(=O)=O)cc4)ccc(C)c3n2)oc2ccccc12. The number of hydrogen-bond donors (Lipinski definition) is 1. The number of ether oxygens (including phenoxy) is 1. The van der Waals surface area contributed by atoms with Crippen LogP contribution in [-0.2, 0) is 9.84 Å².